The first-order valence-corrected chi connectivity index (χ1v) is 8.96. The van der Waals surface area contributed by atoms with Crippen molar-refractivity contribution in [2.45, 2.75) is 26.2 Å². The maximum atomic E-state index is 6.43. The van der Waals surface area contributed by atoms with Gasteiger partial charge in [-0.25, -0.2) is 4.99 Å². The molecule has 5 rings (SSSR count). The van der Waals surface area contributed by atoms with Crippen LogP contribution in [0.15, 0.2) is 53.5 Å². The molecular formula is C22H21N3. The molecule has 0 aromatic heterocycles. The third-order valence-electron chi connectivity index (χ3n) is 5.63. The van der Waals surface area contributed by atoms with Gasteiger partial charge in [-0.15, -0.1) is 0 Å². The van der Waals surface area contributed by atoms with E-state index in [1.165, 1.54) is 38.7 Å². The first-order valence-electron chi connectivity index (χ1n) is 8.96. The largest absolute Gasteiger partial charge is 0.369 e. The van der Waals surface area contributed by atoms with Crippen molar-refractivity contribution >= 4 is 28.1 Å². The summed E-state index contributed by atoms with van der Waals surface area (Å²) in [5, 5.41) is 2.60. The van der Waals surface area contributed by atoms with Crippen molar-refractivity contribution in [3.05, 3.63) is 70.8 Å². The Bertz CT molecular complexity index is 1020. The minimum atomic E-state index is 0.586. The summed E-state index contributed by atoms with van der Waals surface area (Å²) in [6, 6.07) is 17.3. The van der Waals surface area contributed by atoms with Gasteiger partial charge in [0, 0.05) is 17.6 Å². The lowest BCUT2D eigenvalue weighted by atomic mass is 10.0. The minimum Gasteiger partial charge on any atom is -0.369 e. The van der Waals surface area contributed by atoms with Crippen molar-refractivity contribution in [2.24, 2.45) is 10.7 Å². The normalized spacial score (nSPS) is 15.9. The Hall–Kier alpha value is -2.81. The first-order chi connectivity index (χ1) is 12.2. The molecule has 2 aliphatic rings. The van der Waals surface area contributed by atoms with Gasteiger partial charge in [0.25, 0.3) is 0 Å². The second kappa shape index (κ2) is 5.35. The zero-order valence-corrected chi connectivity index (χ0v) is 14.4. The molecule has 0 unspecified atom stereocenters. The van der Waals surface area contributed by atoms with Gasteiger partial charge in [-0.1, -0.05) is 36.4 Å². The molecule has 3 nitrogen and oxygen atoms in total. The van der Waals surface area contributed by atoms with Crippen LogP contribution in [0.1, 0.15) is 22.3 Å². The van der Waals surface area contributed by atoms with Crippen molar-refractivity contribution in [1.29, 1.82) is 0 Å². The maximum Gasteiger partial charge on any atom is 0.201 e. The van der Waals surface area contributed by atoms with E-state index in [2.05, 4.69) is 60.4 Å². The van der Waals surface area contributed by atoms with E-state index in [1.807, 2.05) is 0 Å². The molecule has 124 valence electrons. The molecule has 2 N–H and O–H groups in total. The van der Waals surface area contributed by atoms with Crippen LogP contribution in [0.25, 0.3) is 10.8 Å². The van der Waals surface area contributed by atoms with Crippen LogP contribution in [0.4, 0.5) is 11.4 Å². The standard InChI is InChI=1S/C22H21N3/c1-14-4-2-7-20-17(14)12-13-25(20)22(23)24-19-11-10-16-9-8-15-5-3-6-18(19)21(15)16/h2-7,10-11H,8-9,12-13H2,1H3,(H2,23,24). The summed E-state index contributed by atoms with van der Waals surface area (Å²) in [5.41, 5.74) is 14.2. The summed E-state index contributed by atoms with van der Waals surface area (Å²) in [7, 11) is 0. The predicted molar refractivity (Wildman–Crippen MR) is 105 cm³/mol. The zero-order chi connectivity index (χ0) is 17.0. The van der Waals surface area contributed by atoms with Crippen LogP contribution in [-0.2, 0) is 19.3 Å². The molecule has 0 saturated carbocycles. The molecule has 1 aliphatic heterocycles. The van der Waals surface area contributed by atoms with Gasteiger partial charge in [0.1, 0.15) is 0 Å². The number of benzene rings is 3. The van der Waals surface area contributed by atoms with Gasteiger partial charge in [-0.2, -0.15) is 0 Å². The summed E-state index contributed by atoms with van der Waals surface area (Å²) in [4.78, 5) is 6.97. The fraction of sp³-hybridized carbons (Fsp3) is 0.227. The third kappa shape index (κ3) is 2.15. The van der Waals surface area contributed by atoms with Crippen molar-refractivity contribution in [1.82, 2.24) is 0 Å². The monoisotopic (exact) mass is 327 g/mol. The number of aliphatic imine (C=N–C) groups is 1. The molecule has 25 heavy (non-hydrogen) atoms. The van der Waals surface area contributed by atoms with E-state index in [9.17, 15) is 0 Å². The van der Waals surface area contributed by atoms with Crippen LogP contribution in [0, 0.1) is 6.92 Å². The molecule has 0 fully saturated rings. The van der Waals surface area contributed by atoms with Gasteiger partial charge in [0.2, 0.25) is 5.96 Å². The third-order valence-corrected chi connectivity index (χ3v) is 5.63. The Morgan fingerprint density at radius 1 is 0.960 bits per heavy atom. The molecule has 3 heteroatoms. The average molecular weight is 327 g/mol. The summed E-state index contributed by atoms with van der Waals surface area (Å²) < 4.78 is 0. The molecule has 0 atom stereocenters. The van der Waals surface area contributed by atoms with Gasteiger partial charge in [0.15, 0.2) is 0 Å². The van der Waals surface area contributed by atoms with Crippen molar-refractivity contribution in [3.63, 3.8) is 0 Å². The quantitative estimate of drug-likeness (QED) is 0.536. The fourth-order valence-corrected chi connectivity index (χ4v) is 4.36. The molecule has 0 bridgehead atoms. The fourth-order valence-electron chi connectivity index (χ4n) is 4.36. The summed E-state index contributed by atoms with van der Waals surface area (Å²) in [6.07, 6.45) is 3.30. The molecule has 3 aromatic carbocycles. The van der Waals surface area contributed by atoms with E-state index in [0.717, 1.165) is 31.5 Å². The number of aryl methyl sites for hydroxylation is 3. The van der Waals surface area contributed by atoms with Gasteiger partial charge in [0.05, 0.1) is 5.69 Å². The van der Waals surface area contributed by atoms with Gasteiger partial charge in [-0.05, 0) is 66.0 Å². The van der Waals surface area contributed by atoms with E-state index in [1.54, 1.807) is 0 Å². The second-order valence-corrected chi connectivity index (χ2v) is 7.03. The lowest BCUT2D eigenvalue weighted by Gasteiger charge is -2.19. The highest BCUT2D eigenvalue weighted by Crippen LogP contribution is 2.37. The number of nitrogens with zero attached hydrogens (tertiary/aromatic N) is 2. The lowest BCUT2D eigenvalue weighted by molar-refractivity contribution is 1.01. The van der Waals surface area contributed by atoms with E-state index in [-0.39, 0.29) is 0 Å². The SMILES string of the molecule is Cc1cccc2c1CCN2C(N)=Nc1ccc2c3c(cccc13)CC2. The first kappa shape index (κ1) is 14.5. The topological polar surface area (TPSA) is 41.6 Å². The van der Waals surface area contributed by atoms with Crippen LogP contribution in [0.5, 0.6) is 0 Å². The molecule has 3 aromatic rings. The van der Waals surface area contributed by atoms with Crippen LogP contribution >= 0.6 is 0 Å². The van der Waals surface area contributed by atoms with E-state index in [4.69, 9.17) is 10.7 Å². The Kier molecular flexibility index (Phi) is 3.11. The lowest BCUT2D eigenvalue weighted by Crippen LogP contribution is -2.35. The summed E-state index contributed by atoms with van der Waals surface area (Å²) in [6.45, 7) is 3.07. The predicted octanol–water partition coefficient (Wildman–Crippen LogP) is 4.26. The Morgan fingerprint density at radius 3 is 2.64 bits per heavy atom. The summed E-state index contributed by atoms with van der Waals surface area (Å²) >= 11 is 0. The van der Waals surface area contributed by atoms with Gasteiger partial charge < -0.3 is 10.6 Å². The summed E-state index contributed by atoms with van der Waals surface area (Å²) in [5.74, 6) is 0.586. The molecule has 1 aliphatic carbocycles. The molecule has 0 spiro atoms. The van der Waals surface area contributed by atoms with Crippen molar-refractivity contribution in [2.75, 3.05) is 11.4 Å². The average Bonchev–Trinajstić information content (AvgIpc) is 3.24. The highest BCUT2D eigenvalue weighted by Gasteiger charge is 2.23. The second-order valence-electron chi connectivity index (χ2n) is 7.03. The van der Waals surface area contributed by atoms with E-state index in [0.29, 0.717) is 5.96 Å². The molecular weight excluding hydrogens is 306 g/mol. The zero-order valence-electron chi connectivity index (χ0n) is 14.4. The van der Waals surface area contributed by atoms with Crippen LogP contribution in [0.2, 0.25) is 0 Å². The number of rotatable bonds is 1. The van der Waals surface area contributed by atoms with Crippen LogP contribution in [-0.4, -0.2) is 12.5 Å². The number of anilines is 1. The number of guanidine groups is 1. The molecule has 0 saturated heterocycles. The number of hydrogen-bond donors (Lipinski definition) is 1. The number of nitrogens with two attached hydrogens (primary N) is 1. The Labute approximate surface area is 147 Å². The van der Waals surface area contributed by atoms with Crippen LogP contribution < -0.4 is 10.6 Å². The minimum absolute atomic E-state index is 0.586. The highest BCUT2D eigenvalue weighted by molar-refractivity contribution is 6.03. The number of hydrogen-bond acceptors (Lipinski definition) is 1. The van der Waals surface area contributed by atoms with Gasteiger partial charge in [-0.3, -0.25) is 0 Å². The van der Waals surface area contributed by atoms with Crippen molar-refractivity contribution < 1.29 is 0 Å². The smallest absolute Gasteiger partial charge is 0.201 e. The van der Waals surface area contributed by atoms with Crippen molar-refractivity contribution in [3.8, 4) is 0 Å². The maximum absolute atomic E-state index is 6.43. The Morgan fingerprint density at radius 2 is 1.76 bits per heavy atom. The van der Waals surface area contributed by atoms with Gasteiger partial charge >= 0.3 is 0 Å². The number of fused-ring (bicyclic) bond motifs is 1. The van der Waals surface area contributed by atoms with E-state index >= 15 is 0 Å². The molecule has 0 radical (unpaired) electrons. The van der Waals surface area contributed by atoms with Crippen LogP contribution in [0.3, 0.4) is 0 Å². The molecule has 1 heterocycles. The molecule has 0 amide bonds. The van der Waals surface area contributed by atoms with E-state index < -0.39 is 0 Å². The highest BCUT2D eigenvalue weighted by atomic mass is 15.3. The Balaban J connectivity index is 1.61.